The lowest BCUT2D eigenvalue weighted by Crippen LogP contribution is -2.37. The monoisotopic (exact) mass is 565 g/mol. The highest BCUT2D eigenvalue weighted by atomic mass is 31.2. The summed E-state index contributed by atoms with van der Waals surface area (Å²) in [5, 5.41) is 2.88. The van der Waals surface area contributed by atoms with Gasteiger partial charge in [0, 0.05) is 19.6 Å². The summed E-state index contributed by atoms with van der Waals surface area (Å²) in [6.07, 6.45) is 20.3. The Balaban J connectivity index is 3.85. The van der Waals surface area contributed by atoms with Crippen LogP contribution >= 0.6 is 7.82 Å². The molecular weight excluding hydrogens is 503 g/mol. The summed E-state index contributed by atoms with van der Waals surface area (Å²) in [7, 11) is 1.77. The summed E-state index contributed by atoms with van der Waals surface area (Å²) >= 11 is 0. The van der Waals surface area contributed by atoms with Crippen molar-refractivity contribution in [1.82, 2.24) is 5.32 Å². The number of carbonyl (C=O) groups excluding carboxylic acids is 1. The number of nitrogens with zero attached hydrogens (tertiary/aromatic N) is 1. The van der Waals surface area contributed by atoms with Crippen molar-refractivity contribution in [3.8, 4) is 0 Å². The largest absolute Gasteiger partial charge is 0.472 e. The van der Waals surface area contributed by atoms with Crippen LogP contribution < -0.4 is 5.32 Å². The Kier molecular flexibility index (Phi) is 24.0. The lowest BCUT2D eigenvalue weighted by Gasteiger charge is -2.24. The molecule has 8 nitrogen and oxygen atoms in total. The average Bonchev–Trinajstić information content (AvgIpc) is 2.85. The van der Waals surface area contributed by atoms with Crippen LogP contribution in [-0.4, -0.2) is 75.4 Å². The molecule has 0 saturated heterocycles. The molecule has 2 unspecified atom stereocenters. The summed E-state index contributed by atoms with van der Waals surface area (Å²) < 4.78 is 28.6. The first-order valence-electron chi connectivity index (χ1n) is 15.4. The third-order valence-corrected chi connectivity index (χ3v) is 7.52. The highest BCUT2D eigenvalue weighted by Crippen LogP contribution is 2.43. The van der Waals surface area contributed by atoms with E-state index in [1.807, 2.05) is 28.1 Å². The highest BCUT2D eigenvalue weighted by molar-refractivity contribution is 7.47. The van der Waals surface area contributed by atoms with E-state index in [2.05, 4.69) is 12.2 Å². The molecule has 0 aromatic carbocycles. The SMILES string of the molecule is CCCCCCCCCCCCCCCCCC(=O)NCC(COP(=O)(O)OCC[N+](C)(C)C)OCCC. The molecule has 0 saturated carbocycles. The number of quaternary nitrogens is 1. The van der Waals surface area contributed by atoms with Crippen molar-refractivity contribution in [2.45, 2.75) is 129 Å². The maximum absolute atomic E-state index is 12.3. The van der Waals surface area contributed by atoms with E-state index in [1.165, 1.54) is 83.5 Å². The minimum atomic E-state index is -4.16. The predicted octanol–water partition coefficient (Wildman–Crippen LogP) is 7.00. The third-order valence-electron chi connectivity index (χ3n) is 6.53. The molecule has 9 heteroatoms. The van der Waals surface area contributed by atoms with Gasteiger partial charge in [0.2, 0.25) is 5.91 Å². The average molecular weight is 566 g/mol. The first-order valence-corrected chi connectivity index (χ1v) is 16.9. The van der Waals surface area contributed by atoms with Crippen molar-refractivity contribution in [2.24, 2.45) is 0 Å². The quantitative estimate of drug-likeness (QED) is 0.0603. The van der Waals surface area contributed by atoms with Crippen LogP contribution in [0.2, 0.25) is 0 Å². The number of ether oxygens (including phenoxy) is 1. The van der Waals surface area contributed by atoms with Crippen molar-refractivity contribution in [2.75, 3.05) is 54.1 Å². The van der Waals surface area contributed by atoms with E-state index in [0.717, 1.165) is 19.3 Å². The Morgan fingerprint density at radius 3 is 1.74 bits per heavy atom. The molecule has 228 valence electrons. The van der Waals surface area contributed by atoms with Gasteiger partial charge < -0.3 is 19.4 Å². The third kappa shape index (κ3) is 27.1. The van der Waals surface area contributed by atoms with E-state index in [-0.39, 0.29) is 25.7 Å². The second kappa shape index (κ2) is 24.3. The van der Waals surface area contributed by atoms with Gasteiger partial charge in [-0.3, -0.25) is 13.8 Å². The first kappa shape index (κ1) is 37.5. The molecule has 0 aliphatic heterocycles. The van der Waals surface area contributed by atoms with E-state index in [0.29, 0.717) is 24.1 Å². The molecule has 0 aromatic rings. The van der Waals surface area contributed by atoms with Crippen LogP contribution in [0.15, 0.2) is 0 Å². The summed E-state index contributed by atoms with van der Waals surface area (Å²) in [5.41, 5.74) is 0. The number of phosphoric ester groups is 1. The van der Waals surface area contributed by atoms with Gasteiger partial charge in [-0.25, -0.2) is 4.57 Å². The predicted molar refractivity (Wildman–Crippen MR) is 157 cm³/mol. The smallest absolute Gasteiger partial charge is 0.374 e. The fraction of sp³-hybridized carbons (Fsp3) is 0.966. The van der Waals surface area contributed by atoms with Gasteiger partial charge in [-0.1, -0.05) is 104 Å². The molecule has 0 aromatic heterocycles. The molecule has 38 heavy (non-hydrogen) atoms. The second-order valence-corrected chi connectivity index (χ2v) is 13.1. The van der Waals surface area contributed by atoms with E-state index >= 15 is 0 Å². The maximum Gasteiger partial charge on any atom is 0.472 e. The van der Waals surface area contributed by atoms with Gasteiger partial charge in [0.15, 0.2) is 0 Å². The van der Waals surface area contributed by atoms with Gasteiger partial charge in [0.05, 0.1) is 33.9 Å². The summed E-state index contributed by atoms with van der Waals surface area (Å²) in [6, 6.07) is 0. The number of phosphoric acid groups is 1. The number of nitrogens with one attached hydrogen (secondary N) is 1. The van der Waals surface area contributed by atoms with Crippen LogP contribution in [0, 0.1) is 0 Å². The number of hydrogen-bond donors (Lipinski definition) is 2. The van der Waals surface area contributed by atoms with Crippen LogP contribution in [0.25, 0.3) is 0 Å². The molecule has 0 radical (unpaired) electrons. The molecular formula is C29H62N2O6P+. The number of rotatable bonds is 28. The Labute approximate surface area is 234 Å². The molecule has 0 aliphatic carbocycles. The number of hydrogen-bond acceptors (Lipinski definition) is 5. The minimum absolute atomic E-state index is 0.0174. The number of amides is 1. The molecule has 0 aliphatic rings. The zero-order valence-corrected chi connectivity index (χ0v) is 26.4. The second-order valence-electron chi connectivity index (χ2n) is 11.6. The molecule has 0 rings (SSSR count). The Bertz CT molecular complexity index is 600. The Morgan fingerprint density at radius 1 is 0.763 bits per heavy atom. The molecule has 0 bridgehead atoms. The van der Waals surface area contributed by atoms with Crippen LogP contribution in [0.1, 0.15) is 123 Å². The zero-order valence-electron chi connectivity index (χ0n) is 25.5. The molecule has 0 fully saturated rings. The molecule has 1 amide bonds. The Morgan fingerprint density at radius 2 is 1.26 bits per heavy atom. The Hall–Kier alpha value is -0.500. The normalized spacial score (nSPS) is 14.4. The van der Waals surface area contributed by atoms with Crippen LogP contribution in [0.3, 0.4) is 0 Å². The summed E-state index contributed by atoms with van der Waals surface area (Å²) in [6.45, 7) is 5.57. The van der Waals surface area contributed by atoms with E-state index in [4.69, 9.17) is 13.8 Å². The van der Waals surface area contributed by atoms with Gasteiger partial charge in [-0.05, 0) is 12.8 Å². The fourth-order valence-corrected chi connectivity index (χ4v) is 4.81. The topological polar surface area (TPSA) is 94.1 Å². The lowest BCUT2D eigenvalue weighted by molar-refractivity contribution is -0.870. The number of unbranched alkanes of at least 4 members (excludes halogenated alkanes) is 14. The van der Waals surface area contributed by atoms with E-state index in [9.17, 15) is 14.3 Å². The molecule has 0 spiro atoms. The van der Waals surface area contributed by atoms with Crippen LogP contribution in [0.4, 0.5) is 0 Å². The maximum atomic E-state index is 12.3. The van der Waals surface area contributed by atoms with Crippen molar-refractivity contribution in [3.63, 3.8) is 0 Å². The van der Waals surface area contributed by atoms with Gasteiger partial charge in [0.25, 0.3) is 0 Å². The highest BCUT2D eigenvalue weighted by Gasteiger charge is 2.25. The van der Waals surface area contributed by atoms with Crippen molar-refractivity contribution in [3.05, 3.63) is 0 Å². The molecule has 2 N–H and O–H groups in total. The zero-order chi connectivity index (χ0) is 28.5. The van der Waals surface area contributed by atoms with Crippen LogP contribution in [0.5, 0.6) is 0 Å². The van der Waals surface area contributed by atoms with Gasteiger partial charge in [-0.2, -0.15) is 0 Å². The fourth-order valence-electron chi connectivity index (χ4n) is 4.07. The standard InChI is InChI=1S/C29H61N2O6P/c1-6-8-9-10-11-12-13-14-15-16-17-18-19-20-21-22-29(32)30-26-28(35-24-7-2)27-37-38(33,34)36-25-23-31(3,4)5/h28H,6-27H2,1-5H3,(H-,30,32,33,34)/p+1. The van der Waals surface area contributed by atoms with Gasteiger partial charge in [-0.15, -0.1) is 0 Å². The van der Waals surface area contributed by atoms with E-state index in [1.54, 1.807) is 0 Å². The van der Waals surface area contributed by atoms with Crippen molar-refractivity contribution in [1.29, 1.82) is 0 Å². The lowest BCUT2D eigenvalue weighted by atomic mass is 10.0. The van der Waals surface area contributed by atoms with E-state index < -0.39 is 13.9 Å². The minimum Gasteiger partial charge on any atom is -0.374 e. The van der Waals surface area contributed by atoms with Crippen LogP contribution in [-0.2, 0) is 23.1 Å². The van der Waals surface area contributed by atoms with Gasteiger partial charge in [0.1, 0.15) is 13.2 Å². The van der Waals surface area contributed by atoms with Gasteiger partial charge >= 0.3 is 7.82 Å². The summed E-state index contributed by atoms with van der Waals surface area (Å²) in [4.78, 5) is 22.2. The first-order chi connectivity index (χ1) is 18.1. The van der Waals surface area contributed by atoms with Crippen molar-refractivity contribution >= 4 is 13.7 Å². The van der Waals surface area contributed by atoms with Crippen molar-refractivity contribution < 1.29 is 32.5 Å². The molecule has 2 atom stereocenters. The number of carbonyl (C=O) groups is 1. The molecule has 0 heterocycles. The number of likely N-dealkylation sites (N-methyl/N-ethyl adjacent to an activating group) is 1. The summed E-state index contributed by atoms with van der Waals surface area (Å²) in [5.74, 6) is -0.0174.